The Balaban J connectivity index is 2.13. The number of nitrogens with zero attached hydrogens (tertiary/aromatic N) is 1. The number of nitrogens with one attached hydrogen (secondary N) is 1. The smallest absolute Gasteiger partial charge is 0.372 e. The largest absolute Gasteiger partial charge is 0.422 e. The molecule has 0 unspecified atom stereocenters. The van der Waals surface area contributed by atoms with E-state index in [1.165, 1.54) is 22.8 Å². The van der Waals surface area contributed by atoms with E-state index in [2.05, 4.69) is 9.14 Å². The highest BCUT2D eigenvalue weighted by atomic mass is 32.2. The topological polar surface area (TPSA) is 98.4 Å². The van der Waals surface area contributed by atoms with Gasteiger partial charge in [0.15, 0.2) is 0 Å². The molecular weight excluding hydrogens is 356 g/mol. The highest BCUT2D eigenvalue weighted by molar-refractivity contribution is 7.92. The number of aromatic nitrogens is 1. The first-order valence-electron chi connectivity index (χ1n) is 8.15. The van der Waals surface area contributed by atoms with Gasteiger partial charge in [-0.15, -0.1) is 0 Å². The molecular formula is C18H18N2O5S. The van der Waals surface area contributed by atoms with Gasteiger partial charge in [0.1, 0.15) is 0 Å². The molecule has 26 heavy (non-hydrogen) atoms. The fraction of sp³-hybridized carbons (Fsp3) is 0.222. The molecule has 0 aliphatic rings. The lowest BCUT2D eigenvalue weighted by Crippen LogP contribution is -2.24. The van der Waals surface area contributed by atoms with Crippen molar-refractivity contribution in [2.24, 2.45) is 0 Å². The van der Waals surface area contributed by atoms with Crippen LogP contribution in [0.4, 0.5) is 5.69 Å². The Hall–Kier alpha value is -2.87. The molecule has 0 spiro atoms. The van der Waals surface area contributed by atoms with Gasteiger partial charge in [0, 0.05) is 6.54 Å². The van der Waals surface area contributed by atoms with Crippen molar-refractivity contribution < 1.29 is 12.8 Å². The Morgan fingerprint density at radius 2 is 1.81 bits per heavy atom. The molecule has 3 aromatic rings. The zero-order valence-electron chi connectivity index (χ0n) is 14.4. The Labute approximate surface area is 149 Å². The Morgan fingerprint density at radius 1 is 1.08 bits per heavy atom. The molecule has 0 saturated carbocycles. The van der Waals surface area contributed by atoms with Gasteiger partial charge in [0.2, 0.25) is 0 Å². The number of anilines is 1. The molecule has 8 heteroatoms. The molecule has 136 valence electrons. The summed E-state index contributed by atoms with van der Waals surface area (Å²) in [5.41, 5.74) is 0.819. The van der Waals surface area contributed by atoms with Gasteiger partial charge in [-0.2, -0.15) is 0 Å². The molecule has 1 N–H and O–H groups in total. The second-order valence-electron chi connectivity index (χ2n) is 5.69. The third kappa shape index (κ3) is 3.15. The van der Waals surface area contributed by atoms with E-state index in [4.69, 9.17) is 0 Å². The minimum atomic E-state index is -3.90. The lowest BCUT2D eigenvalue weighted by molar-refractivity contribution is 0.421. The highest BCUT2D eigenvalue weighted by Crippen LogP contribution is 2.22. The summed E-state index contributed by atoms with van der Waals surface area (Å²) in [6, 6.07) is 11.1. The van der Waals surface area contributed by atoms with Crippen molar-refractivity contribution in [3.8, 4) is 0 Å². The third-order valence-electron chi connectivity index (χ3n) is 4.15. The number of aryl methyl sites for hydroxylation is 2. The summed E-state index contributed by atoms with van der Waals surface area (Å²) in [6.45, 7) is 3.96. The van der Waals surface area contributed by atoms with E-state index < -0.39 is 21.4 Å². The number of para-hydroxylation sites is 1. The van der Waals surface area contributed by atoms with E-state index in [-0.39, 0.29) is 10.3 Å². The molecule has 1 aromatic heterocycles. The molecule has 0 amide bonds. The molecule has 0 aliphatic heterocycles. The lowest BCUT2D eigenvalue weighted by Gasteiger charge is -2.12. The van der Waals surface area contributed by atoms with Gasteiger partial charge in [-0.3, -0.25) is 9.29 Å². The van der Waals surface area contributed by atoms with Crippen LogP contribution in [0, 0.1) is 0 Å². The third-order valence-corrected chi connectivity index (χ3v) is 5.51. The number of sulfonamides is 1. The highest BCUT2D eigenvalue weighted by Gasteiger charge is 2.18. The first-order valence-corrected chi connectivity index (χ1v) is 9.64. The minimum Gasteiger partial charge on any atom is -0.372 e. The number of hydrogen-bond donors (Lipinski definition) is 1. The maximum absolute atomic E-state index is 12.7. The van der Waals surface area contributed by atoms with Gasteiger partial charge in [0.05, 0.1) is 21.5 Å². The number of benzene rings is 2. The zero-order chi connectivity index (χ0) is 18.9. The summed E-state index contributed by atoms with van der Waals surface area (Å²) in [4.78, 5) is 23.7. The molecule has 0 aliphatic carbocycles. The standard InChI is InChI=1S/C18H18N2O5S/c1-3-12-7-5-6-8-15(12)19-26(23,24)13-9-10-16-14(11-13)17(21)25-18(22)20(16)4-2/h5-11,19H,3-4H2,1-2H3. The van der Waals surface area contributed by atoms with Crippen molar-refractivity contribution >= 4 is 26.6 Å². The summed E-state index contributed by atoms with van der Waals surface area (Å²) in [6.07, 6.45) is 0.669. The number of rotatable bonds is 5. The van der Waals surface area contributed by atoms with Crippen molar-refractivity contribution in [3.05, 3.63) is 69.0 Å². The van der Waals surface area contributed by atoms with Crippen molar-refractivity contribution in [1.82, 2.24) is 4.57 Å². The SMILES string of the molecule is CCc1ccccc1NS(=O)(=O)c1ccc2c(c1)c(=O)oc(=O)n2CC. The normalized spacial score (nSPS) is 11.6. The van der Waals surface area contributed by atoms with E-state index in [0.717, 1.165) is 5.56 Å². The van der Waals surface area contributed by atoms with Crippen LogP contribution >= 0.6 is 0 Å². The predicted molar refractivity (Wildman–Crippen MR) is 99.0 cm³/mol. The molecule has 0 fully saturated rings. The fourth-order valence-electron chi connectivity index (χ4n) is 2.80. The van der Waals surface area contributed by atoms with Crippen LogP contribution in [0.1, 0.15) is 19.4 Å². The molecule has 0 saturated heterocycles. The summed E-state index contributed by atoms with van der Waals surface area (Å²) < 4.78 is 34.0. The van der Waals surface area contributed by atoms with Crippen LogP contribution in [0.2, 0.25) is 0 Å². The van der Waals surface area contributed by atoms with Crippen LogP contribution < -0.4 is 16.1 Å². The molecule has 2 aromatic carbocycles. The average Bonchev–Trinajstić information content (AvgIpc) is 2.62. The van der Waals surface area contributed by atoms with E-state index >= 15 is 0 Å². The van der Waals surface area contributed by atoms with Crippen LogP contribution in [-0.2, 0) is 23.0 Å². The van der Waals surface area contributed by atoms with E-state index in [0.29, 0.717) is 24.2 Å². The van der Waals surface area contributed by atoms with Crippen LogP contribution in [0.25, 0.3) is 10.9 Å². The first kappa shape index (κ1) is 17.9. The molecule has 7 nitrogen and oxygen atoms in total. The lowest BCUT2D eigenvalue weighted by atomic mass is 10.1. The molecule has 0 atom stereocenters. The van der Waals surface area contributed by atoms with Crippen molar-refractivity contribution in [3.63, 3.8) is 0 Å². The second-order valence-corrected chi connectivity index (χ2v) is 7.38. The second kappa shape index (κ2) is 6.80. The predicted octanol–water partition coefficient (Wildman–Crippen LogP) is 2.34. The van der Waals surface area contributed by atoms with Crippen LogP contribution in [0.3, 0.4) is 0 Å². The van der Waals surface area contributed by atoms with Gasteiger partial charge in [-0.05, 0) is 43.2 Å². The molecule has 1 heterocycles. The average molecular weight is 374 g/mol. The summed E-state index contributed by atoms with van der Waals surface area (Å²) in [7, 11) is -3.90. The van der Waals surface area contributed by atoms with Gasteiger partial charge in [-0.1, -0.05) is 25.1 Å². The van der Waals surface area contributed by atoms with Crippen molar-refractivity contribution in [2.45, 2.75) is 31.7 Å². The van der Waals surface area contributed by atoms with Gasteiger partial charge in [0.25, 0.3) is 10.0 Å². The maximum atomic E-state index is 12.7. The van der Waals surface area contributed by atoms with Gasteiger partial charge < -0.3 is 4.42 Å². The molecule has 0 bridgehead atoms. The van der Waals surface area contributed by atoms with Gasteiger partial charge >= 0.3 is 11.4 Å². The summed E-state index contributed by atoms with van der Waals surface area (Å²) >= 11 is 0. The number of fused-ring (bicyclic) bond motifs is 1. The van der Waals surface area contributed by atoms with Crippen LogP contribution in [-0.4, -0.2) is 13.0 Å². The molecule has 0 radical (unpaired) electrons. The van der Waals surface area contributed by atoms with Crippen LogP contribution in [0.15, 0.2) is 61.4 Å². The monoisotopic (exact) mass is 374 g/mol. The first-order chi connectivity index (χ1) is 12.4. The fourth-order valence-corrected chi connectivity index (χ4v) is 3.93. The van der Waals surface area contributed by atoms with E-state index in [1.807, 2.05) is 19.1 Å². The Morgan fingerprint density at radius 3 is 2.50 bits per heavy atom. The van der Waals surface area contributed by atoms with E-state index in [1.54, 1.807) is 19.1 Å². The Bertz CT molecular complexity index is 1190. The molecule has 3 rings (SSSR count). The maximum Gasteiger partial charge on any atom is 0.422 e. The van der Waals surface area contributed by atoms with Gasteiger partial charge in [-0.25, -0.2) is 18.0 Å². The minimum absolute atomic E-state index is 0.0399. The Kier molecular flexibility index (Phi) is 4.69. The van der Waals surface area contributed by atoms with Crippen LogP contribution in [0.5, 0.6) is 0 Å². The number of hydrogen-bond acceptors (Lipinski definition) is 5. The quantitative estimate of drug-likeness (QED) is 0.739. The van der Waals surface area contributed by atoms with Crippen molar-refractivity contribution in [1.29, 1.82) is 0 Å². The summed E-state index contributed by atoms with van der Waals surface area (Å²) in [5, 5.41) is 0.0399. The zero-order valence-corrected chi connectivity index (χ0v) is 15.2. The summed E-state index contributed by atoms with van der Waals surface area (Å²) in [5.74, 6) is -0.768. The van der Waals surface area contributed by atoms with E-state index in [9.17, 15) is 18.0 Å². The van der Waals surface area contributed by atoms with Crippen molar-refractivity contribution in [2.75, 3.05) is 4.72 Å².